The van der Waals surface area contributed by atoms with E-state index in [1.54, 1.807) is 12.1 Å². The Kier molecular flexibility index (Phi) is 6.91. The molecule has 1 amide bonds. The van der Waals surface area contributed by atoms with E-state index in [0.29, 0.717) is 10.7 Å². The van der Waals surface area contributed by atoms with Crippen molar-refractivity contribution in [1.82, 2.24) is 14.2 Å². The van der Waals surface area contributed by atoms with Gasteiger partial charge in [-0.15, -0.1) is 0 Å². The van der Waals surface area contributed by atoms with Crippen molar-refractivity contribution in [3.8, 4) is 0 Å². The summed E-state index contributed by atoms with van der Waals surface area (Å²) in [5, 5.41) is 11.7. The summed E-state index contributed by atoms with van der Waals surface area (Å²) in [7, 11) is -4.32. The molecule has 0 spiro atoms. The summed E-state index contributed by atoms with van der Waals surface area (Å²) >= 11 is 5.84. The largest absolute Gasteiger partial charge is 0.330 e. The van der Waals surface area contributed by atoms with Gasteiger partial charge >= 0.3 is 0 Å². The predicted octanol–water partition coefficient (Wildman–Crippen LogP) is 2.06. The lowest BCUT2D eigenvalue weighted by atomic mass is 10.0. The molecule has 10 nitrogen and oxygen atoms in total. The second-order valence-corrected chi connectivity index (χ2v) is 9.64. The molecule has 0 aliphatic carbocycles. The lowest BCUT2D eigenvalue weighted by molar-refractivity contribution is -0.387. The molecule has 32 heavy (non-hydrogen) atoms. The molecule has 0 N–H and O–H groups in total. The second kappa shape index (κ2) is 9.31. The molecule has 2 aromatic rings. The first kappa shape index (κ1) is 23.8. The number of amides is 1. The minimum Gasteiger partial charge on any atom is -0.330 e. The Morgan fingerprint density at radius 1 is 1.28 bits per heavy atom. The van der Waals surface area contributed by atoms with Crippen molar-refractivity contribution in [3.63, 3.8) is 0 Å². The van der Waals surface area contributed by atoms with Crippen LogP contribution in [-0.4, -0.2) is 64.4 Å². The molecular weight excluding hydrogens is 460 g/mol. The molecular formula is C20H21ClN4O6S. The van der Waals surface area contributed by atoms with Gasteiger partial charge in [0.15, 0.2) is 10.7 Å². The van der Waals surface area contributed by atoms with Crippen molar-refractivity contribution >= 4 is 39.0 Å². The van der Waals surface area contributed by atoms with Gasteiger partial charge < -0.3 is 4.90 Å². The first-order valence-electron chi connectivity index (χ1n) is 9.70. The van der Waals surface area contributed by atoms with Crippen LogP contribution in [0.1, 0.15) is 19.5 Å². The number of sulfonamides is 1. The summed E-state index contributed by atoms with van der Waals surface area (Å²) in [6.45, 7) is 2.60. The minimum atomic E-state index is -4.32. The first-order valence-corrected chi connectivity index (χ1v) is 11.5. The number of aromatic nitrogens is 1. The van der Waals surface area contributed by atoms with Gasteiger partial charge in [0.1, 0.15) is 6.04 Å². The Labute approximate surface area is 190 Å². The van der Waals surface area contributed by atoms with Crippen molar-refractivity contribution in [2.24, 2.45) is 0 Å². The van der Waals surface area contributed by atoms with E-state index in [-0.39, 0.29) is 25.3 Å². The number of nitro benzene ring substituents is 1. The lowest BCUT2D eigenvalue weighted by Gasteiger charge is -2.41. The van der Waals surface area contributed by atoms with Crippen LogP contribution in [0, 0.1) is 10.1 Å². The van der Waals surface area contributed by atoms with E-state index in [1.165, 1.54) is 37.1 Å². The Bertz CT molecular complexity index is 1150. The zero-order chi connectivity index (χ0) is 23.6. The number of nitrogens with zero attached hydrogens (tertiary/aromatic N) is 4. The molecule has 1 aliphatic heterocycles. The van der Waals surface area contributed by atoms with Gasteiger partial charge in [-0.3, -0.25) is 24.7 Å². The van der Waals surface area contributed by atoms with Crippen molar-refractivity contribution in [2.75, 3.05) is 13.1 Å². The summed E-state index contributed by atoms with van der Waals surface area (Å²) < 4.78 is 27.3. The normalized spacial score (nSPS) is 18.4. The van der Waals surface area contributed by atoms with E-state index in [1.807, 2.05) is 0 Å². The van der Waals surface area contributed by atoms with Crippen molar-refractivity contribution < 1.29 is 22.9 Å². The molecule has 1 aromatic carbocycles. The van der Waals surface area contributed by atoms with Crippen LogP contribution in [0.4, 0.5) is 5.69 Å². The zero-order valence-corrected chi connectivity index (χ0v) is 18.9. The van der Waals surface area contributed by atoms with Crippen LogP contribution in [0.3, 0.4) is 0 Å². The Morgan fingerprint density at radius 3 is 2.56 bits per heavy atom. The molecule has 1 aromatic heterocycles. The molecule has 2 heterocycles. The summed E-state index contributed by atoms with van der Waals surface area (Å²) in [5.41, 5.74) is -0.00461. The molecule has 1 saturated heterocycles. The predicted molar refractivity (Wildman–Crippen MR) is 116 cm³/mol. The molecule has 0 saturated carbocycles. The molecule has 1 fully saturated rings. The molecule has 0 bridgehead atoms. The number of nitro groups is 1. The second-order valence-electron chi connectivity index (χ2n) is 7.35. The highest BCUT2D eigenvalue weighted by Gasteiger charge is 2.43. The van der Waals surface area contributed by atoms with Crippen LogP contribution in [0.25, 0.3) is 0 Å². The number of hydrogen-bond acceptors (Lipinski definition) is 7. The highest BCUT2D eigenvalue weighted by Crippen LogP contribution is 2.29. The molecule has 0 unspecified atom stereocenters. The SMILES string of the molecule is CC(=O)[C@H](Cc1ccc(Cl)cn1)N1CCN(S(=O)(=O)c2ccccc2[N+](=O)[O-])[C@@H](C)C1=O. The fourth-order valence-electron chi connectivity index (χ4n) is 3.66. The van der Waals surface area contributed by atoms with Crippen LogP contribution in [-0.2, 0) is 26.0 Å². The third-order valence-electron chi connectivity index (χ3n) is 5.32. The number of hydrogen-bond donors (Lipinski definition) is 0. The van der Waals surface area contributed by atoms with E-state index in [4.69, 9.17) is 11.6 Å². The Morgan fingerprint density at radius 2 is 1.97 bits per heavy atom. The highest BCUT2D eigenvalue weighted by atomic mass is 35.5. The molecule has 12 heteroatoms. The average molecular weight is 481 g/mol. The average Bonchev–Trinajstić information content (AvgIpc) is 2.75. The summed E-state index contributed by atoms with van der Waals surface area (Å²) in [4.78, 5) is 41.0. The van der Waals surface area contributed by atoms with E-state index in [2.05, 4.69) is 4.98 Å². The van der Waals surface area contributed by atoms with Crippen LogP contribution in [0.15, 0.2) is 47.5 Å². The Hall–Kier alpha value is -2.89. The third-order valence-corrected chi connectivity index (χ3v) is 7.56. The number of para-hydroxylation sites is 1. The summed E-state index contributed by atoms with van der Waals surface area (Å²) in [5.74, 6) is -0.829. The topological polar surface area (TPSA) is 131 Å². The molecule has 1 aliphatic rings. The molecule has 3 rings (SSSR count). The van der Waals surface area contributed by atoms with Gasteiger partial charge in [-0.05, 0) is 32.0 Å². The monoisotopic (exact) mass is 480 g/mol. The number of ketones is 1. The smallest absolute Gasteiger partial charge is 0.289 e. The van der Waals surface area contributed by atoms with Gasteiger partial charge in [-0.1, -0.05) is 23.7 Å². The number of Topliss-reactive ketones (excluding diaryl/α,β-unsaturated/α-hetero) is 1. The maximum atomic E-state index is 13.2. The van der Waals surface area contributed by atoms with Gasteiger partial charge in [-0.2, -0.15) is 4.31 Å². The summed E-state index contributed by atoms with van der Waals surface area (Å²) in [6.07, 6.45) is 1.59. The number of rotatable bonds is 7. The van der Waals surface area contributed by atoms with Gasteiger partial charge in [0.2, 0.25) is 5.91 Å². The molecule has 2 atom stereocenters. The standard InChI is InChI=1S/C20H21ClN4O6S/c1-13-20(27)23(18(14(2)26)11-16-8-7-15(21)12-22-16)9-10-24(13)32(30,31)19-6-4-3-5-17(19)25(28)29/h3-8,12-13,18H,9-11H2,1-2H3/t13-,18-/m0/s1. The third kappa shape index (κ3) is 4.64. The lowest BCUT2D eigenvalue weighted by Crippen LogP contribution is -2.61. The first-order chi connectivity index (χ1) is 15.0. The van der Waals surface area contributed by atoms with Crippen molar-refractivity contribution in [3.05, 3.63) is 63.4 Å². The van der Waals surface area contributed by atoms with Crippen molar-refractivity contribution in [1.29, 1.82) is 0 Å². The van der Waals surface area contributed by atoms with Gasteiger partial charge in [0.05, 0.1) is 16.0 Å². The van der Waals surface area contributed by atoms with E-state index >= 15 is 0 Å². The number of carbonyl (C=O) groups is 2. The number of piperazine rings is 1. The van der Waals surface area contributed by atoms with Gasteiger partial charge in [-0.25, -0.2) is 8.42 Å². The minimum absolute atomic E-state index is 0.0408. The van der Waals surface area contributed by atoms with E-state index in [9.17, 15) is 28.1 Å². The maximum Gasteiger partial charge on any atom is 0.289 e. The number of benzene rings is 1. The number of carbonyl (C=O) groups excluding carboxylic acids is 2. The fraction of sp³-hybridized carbons (Fsp3) is 0.350. The van der Waals surface area contributed by atoms with Crippen LogP contribution in [0.5, 0.6) is 0 Å². The van der Waals surface area contributed by atoms with Crippen LogP contribution < -0.4 is 0 Å². The highest BCUT2D eigenvalue weighted by molar-refractivity contribution is 7.89. The van der Waals surface area contributed by atoms with Crippen LogP contribution >= 0.6 is 11.6 Å². The summed E-state index contributed by atoms with van der Waals surface area (Å²) in [6, 6.07) is 6.30. The van der Waals surface area contributed by atoms with Gasteiger partial charge in [0.25, 0.3) is 15.7 Å². The van der Waals surface area contributed by atoms with E-state index < -0.39 is 43.5 Å². The number of pyridine rings is 1. The molecule has 0 radical (unpaired) electrons. The van der Waals surface area contributed by atoms with Crippen LogP contribution in [0.2, 0.25) is 5.02 Å². The quantitative estimate of drug-likeness (QED) is 0.437. The fourth-order valence-corrected chi connectivity index (χ4v) is 5.51. The van der Waals surface area contributed by atoms with Gasteiger partial charge in [0, 0.05) is 37.5 Å². The maximum absolute atomic E-state index is 13.2. The van der Waals surface area contributed by atoms with Crippen molar-refractivity contribution in [2.45, 2.75) is 37.2 Å². The van der Waals surface area contributed by atoms with E-state index in [0.717, 1.165) is 16.4 Å². The zero-order valence-electron chi connectivity index (χ0n) is 17.3. The Balaban J connectivity index is 1.87. The molecule has 170 valence electrons. The number of halogens is 1.